The monoisotopic (exact) mass is 169 g/mol. The molecule has 1 fully saturated rings. The lowest BCUT2D eigenvalue weighted by Gasteiger charge is -2.39. The Labute approximate surface area is 74.7 Å². The second-order valence-corrected chi connectivity index (χ2v) is 4.73. The summed E-state index contributed by atoms with van der Waals surface area (Å²) in [6.07, 6.45) is 0.667. The number of rotatable bonds is 0. The molecule has 1 rings (SSSR count). The maximum absolute atomic E-state index is 9.72. The first-order valence-electron chi connectivity index (χ1n) is 4.51. The van der Waals surface area contributed by atoms with Gasteiger partial charge in [-0.25, -0.2) is 0 Å². The van der Waals surface area contributed by atoms with E-state index in [4.69, 9.17) is 0 Å². The molecule has 2 unspecified atom stereocenters. The van der Waals surface area contributed by atoms with Crippen molar-refractivity contribution in [1.29, 1.82) is 0 Å². The van der Waals surface area contributed by atoms with Crippen molar-refractivity contribution in [3.05, 3.63) is 12.3 Å². The third-order valence-electron chi connectivity index (χ3n) is 2.60. The summed E-state index contributed by atoms with van der Waals surface area (Å²) in [5.41, 5.74) is 1.23. The third kappa shape index (κ3) is 2.01. The zero-order valence-electron chi connectivity index (χ0n) is 8.22. The van der Waals surface area contributed by atoms with E-state index in [2.05, 4.69) is 32.7 Å². The zero-order valence-corrected chi connectivity index (χ0v) is 8.22. The lowest BCUT2D eigenvalue weighted by Crippen LogP contribution is -2.44. The highest BCUT2D eigenvalue weighted by atomic mass is 16.3. The highest BCUT2D eigenvalue weighted by molar-refractivity contribution is 5.02. The average molecular weight is 169 g/mol. The molecule has 1 saturated heterocycles. The molecular formula is C10H19NO. The fourth-order valence-corrected chi connectivity index (χ4v) is 1.75. The van der Waals surface area contributed by atoms with Crippen LogP contribution in [-0.4, -0.2) is 17.8 Å². The average Bonchev–Trinajstić information content (AvgIpc) is 1.92. The maximum atomic E-state index is 9.72. The van der Waals surface area contributed by atoms with E-state index in [0.29, 0.717) is 12.5 Å². The molecule has 2 N–H and O–H groups in total. The summed E-state index contributed by atoms with van der Waals surface area (Å²) < 4.78 is 0. The van der Waals surface area contributed by atoms with Crippen LogP contribution in [0.2, 0.25) is 0 Å². The van der Waals surface area contributed by atoms with Crippen molar-refractivity contribution < 1.29 is 5.11 Å². The summed E-state index contributed by atoms with van der Waals surface area (Å²) in [7, 11) is 0. The van der Waals surface area contributed by atoms with Crippen molar-refractivity contribution in [2.45, 2.75) is 33.3 Å². The Balaban J connectivity index is 2.67. The lowest BCUT2D eigenvalue weighted by molar-refractivity contribution is 0.0305. The minimum absolute atomic E-state index is 0.171. The van der Waals surface area contributed by atoms with Crippen LogP contribution in [0.15, 0.2) is 12.3 Å². The van der Waals surface area contributed by atoms with Gasteiger partial charge < -0.3 is 10.4 Å². The molecule has 1 heterocycles. The van der Waals surface area contributed by atoms with Crippen molar-refractivity contribution in [3.63, 3.8) is 0 Å². The second-order valence-electron chi connectivity index (χ2n) is 4.73. The number of nitrogens with one attached hydrogen (secondary N) is 1. The molecule has 2 atom stereocenters. The van der Waals surface area contributed by atoms with Crippen LogP contribution in [0.1, 0.15) is 27.2 Å². The Bertz CT molecular complexity index is 181. The lowest BCUT2D eigenvalue weighted by atomic mass is 9.73. The van der Waals surface area contributed by atoms with Gasteiger partial charge in [-0.15, -0.1) is 0 Å². The number of hydrogen-bond acceptors (Lipinski definition) is 2. The van der Waals surface area contributed by atoms with E-state index < -0.39 is 0 Å². The summed E-state index contributed by atoms with van der Waals surface area (Å²) >= 11 is 0. The number of aliphatic hydroxyl groups excluding tert-OH is 1. The van der Waals surface area contributed by atoms with E-state index in [0.717, 1.165) is 12.1 Å². The molecule has 0 bridgehead atoms. The molecule has 2 nitrogen and oxygen atoms in total. The molecule has 1 aliphatic heterocycles. The number of allylic oxidation sites excluding steroid dienone is 1. The van der Waals surface area contributed by atoms with Gasteiger partial charge in [0.1, 0.15) is 0 Å². The first-order chi connectivity index (χ1) is 5.41. The quantitative estimate of drug-likeness (QED) is 0.576. The first kappa shape index (κ1) is 9.59. The molecule has 0 aromatic heterocycles. The smallest absolute Gasteiger partial charge is 0.0749 e. The van der Waals surface area contributed by atoms with Crippen molar-refractivity contribution >= 4 is 0 Å². The van der Waals surface area contributed by atoms with Gasteiger partial charge in [0, 0.05) is 12.2 Å². The van der Waals surface area contributed by atoms with Crippen molar-refractivity contribution in [2.75, 3.05) is 6.54 Å². The predicted octanol–water partition coefficient (Wildman–Crippen LogP) is 1.52. The molecule has 1 aliphatic rings. The molecule has 0 amide bonds. The summed E-state index contributed by atoms with van der Waals surface area (Å²) in [5, 5.41) is 12.8. The fourth-order valence-electron chi connectivity index (χ4n) is 1.75. The number of hydrogen-bond donors (Lipinski definition) is 2. The van der Waals surface area contributed by atoms with E-state index in [1.54, 1.807) is 0 Å². The van der Waals surface area contributed by atoms with Crippen LogP contribution in [0.5, 0.6) is 0 Å². The molecule has 2 heteroatoms. The summed E-state index contributed by atoms with van der Waals surface area (Å²) in [6, 6.07) is 0. The van der Waals surface area contributed by atoms with Gasteiger partial charge in [-0.3, -0.25) is 0 Å². The van der Waals surface area contributed by atoms with Gasteiger partial charge in [0.2, 0.25) is 0 Å². The summed E-state index contributed by atoms with van der Waals surface area (Å²) in [6.45, 7) is 11.0. The molecule has 0 saturated carbocycles. The van der Waals surface area contributed by atoms with Crippen LogP contribution in [0.25, 0.3) is 0 Å². The first-order valence-corrected chi connectivity index (χ1v) is 4.51. The Morgan fingerprint density at radius 1 is 1.50 bits per heavy atom. The fraction of sp³-hybridized carbons (Fsp3) is 0.800. The molecule has 0 aliphatic carbocycles. The van der Waals surface area contributed by atoms with Gasteiger partial charge in [-0.1, -0.05) is 27.4 Å². The third-order valence-corrected chi connectivity index (χ3v) is 2.60. The van der Waals surface area contributed by atoms with E-state index in [1.165, 1.54) is 0 Å². The maximum Gasteiger partial charge on any atom is 0.0749 e. The highest BCUT2D eigenvalue weighted by Crippen LogP contribution is 2.34. The Morgan fingerprint density at radius 2 is 2.08 bits per heavy atom. The van der Waals surface area contributed by atoms with Crippen LogP contribution in [-0.2, 0) is 0 Å². The van der Waals surface area contributed by atoms with Gasteiger partial charge >= 0.3 is 0 Å². The Kier molecular flexibility index (Phi) is 2.47. The van der Waals surface area contributed by atoms with Crippen LogP contribution in [0, 0.1) is 11.3 Å². The van der Waals surface area contributed by atoms with Crippen LogP contribution in [0.4, 0.5) is 0 Å². The Hall–Kier alpha value is -0.500. The minimum Gasteiger partial charge on any atom is -0.391 e. The minimum atomic E-state index is -0.226. The summed E-state index contributed by atoms with van der Waals surface area (Å²) in [5.74, 6) is 0.339. The van der Waals surface area contributed by atoms with Gasteiger partial charge in [0.25, 0.3) is 0 Å². The molecule has 0 aromatic rings. The highest BCUT2D eigenvalue weighted by Gasteiger charge is 2.33. The van der Waals surface area contributed by atoms with Crippen molar-refractivity contribution in [3.8, 4) is 0 Å². The van der Waals surface area contributed by atoms with Gasteiger partial charge in [-0.2, -0.15) is 0 Å². The predicted molar refractivity (Wildman–Crippen MR) is 50.7 cm³/mol. The number of β-amino-alcohol motifs (C(OH)–C–C–N with tert-alkyl or cyclic N) is 1. The second kappa shape index (κ2) is 3.09. The number of aliphatic hydroxyl groups is 1. The van der Waals surface area contributed by atoms with Crippen LogP contribution < -0.4 is 5.32 Å². The van der Waals surface area contributed by atoms with E-state index >= 15 is 0 Å². The molecular weight excluding hydrogens is 150 g/mol. The van der Waals surface area contributed by atoms with Crippen LogP contribution >= 0.6 is 0 Å². The standard InChI is InChI=1S/C10H19NO/c1-7-5-8(10(2,3)4)9(12)6-11-7/h8-9,11-12H,1,5-6H2,2-4H3. The normalized spacial score (nSPS) is 31.5. The van der Waals surface area contributed by atoms with E-state index in [1.807, 2.05) is 0 Å². The number of piperidine rings is 1. The molecule has 0 aromatic carbocycles. The van der Waals surface area contributed by atoms with E-state index in [9.17, 15) is 5.11 Å². The molecule has 0 radical (unpaired) electrons. The van der Waals surface area contributed by atoms with Gasteiger partial charge in [0.15, 0.2) is 0 Å². The van der Waals surface area contributed by atoms with Gasteiger partial charge in [0.05, 0.1) is 6.10 Å². The zero-order chi connectivity index (χ0) is 9.35. The topological polar surface area (TPSA) is 32.3 Å². The van der Waals surface area contributed by atoms with Crippen LogP contribution in [0.3, 0.4) is 0 Å². The largest absolute Gasteiger partial charge is 0.391 e. The summed E-state index contributed by atoms with van der Waals surface area (Å²) in [4.78, 5) is 0. The van der Waals surface area contributed by atoms with Crippen molar-refractivity contribution in [1.82, 2.24) is 5.32 Å². The van der Waals surface area contributed by atoms with E-state index in [-0.39, 0.29) is 11.5 Å². The molecule has 0 spiro atoms. The molecule has 70 valence electrons. The Morgan fingerprint density at radius 3 is 2.50 bits per heavy atom. The molecule has 12 heavy (non-hydrogen) atoms. The van der Waals surface area contributed by atoms with Crippen molar-refractivity contribution in [2.24, 2.45) is 11.3 Å². The van der Waals surface area contributed by atoms with Gasteiger partial charge in [-0.05, 0) is 17.8 Å². The SMILES string of the molecule is C=C1CC(C(C)(C)C)C(O)CN1.